The summed E-state index contributed by atoms with van der Waals surface area (Å²) in [6.07, 6.45) is 0. The molecule has 5 rings (SSSR count). The van der Waals surface area contributed by atoms with Gasteiger partial charge in [0.05, 0.1) is 60.2 Å². The molecule has 0 spiro atoms. The van der Waals surface area contributed by atoms with Crippen molar-refractivity contribution in [2.75, 3.05) is 25.1 Å². The Morgan fingerprint density at radius 1 is 0.816 bits per heavy atom. The fourth-order valence-electron chi connectivity index (χ4n) is 4.30. The molecular weight excluding hydrogens is 560 g/mol. The first kappa shape index (κ1) is 26.8. The van der Waals surface area contributed by atoms with Crippen molar-refractivity contribution in [1.82, 2.24) is 14.5 Å². The molecule has 0 bridgehead atoms. The van der Waals surface area contributed by atoms with Crippen LogP contribution in [0, 0.1) is 0 Å². The van der Waals surface area contributed by atoms with Crippen LogP contribution < -0.4 is 10.7 Å². The first-order chi connectivity index (χ1) is 18.4. The molecule has 0 saturated carbocycles. The van der Waals surface area contributed by atoms with Crippen molar-refractivity contribution in [3.8, 4) is 17.1 Å². The zero-order valence-electron chi connectivity index (χ0n) is 20.9. The SMILES string of the molecule is CCN(CC)CN=c1cc2n(-c3ccc(Cl)c(Cl)c3)c3ccccc3nc-2cc1Nc1ccc(Cl)c(Cl)c1. The topological polar surface area (TPSA) is 45.5 Å². The summed E-state index contributed by atoms with van der Waals surface area (Å²) in [4.78, 5) is 12.2. The summed E-state index contributed by atoms with van der Waals surface area (Å²) in [5.74, 6) is 0. The highest BCUT2D eigenvalue weighted by Crippen LogP contribution is 2.33. The highest BCUT2D eigenvalue weighted by atomic mass is 35.5. The van der Waals surface area contributed by atoms with E-state index >= 15 is 0 Å². The summed E-state index contributed by atoms with van der Waals surface area (Å²) >= 11 is 25.1. The molecule has 5 nitrogen and oxygen atoms in total. The Balaban J connectivity index is 1.78. The van der Waals surface area contributed by atoms with Crippen LogP contribution in [-0.4, -0.2) is 34.2 Å². The molecule has 0 fully saturated rings. The summed E-state index contributed by atoms with van der Waals surface area (Å²) in [5, 5.41) is 6.22. The van der Waals surface area contributed by atoms with E-state index in [1.807, 2.05) is 48.5 Å². The molecule has 1 aliphatic carbocycles. The van der Waals surface area contributed by atoms with Gasteiger partial charge in [0.2, 0.25) is 0 Å². The van der Waals surface area contributed by atoms with E-state index in [9.17, 15) is 0 Å². The molecular formula is C29H25Cl4N5. The Bertz CT molecular complexity index is 1660. The lowest BCUT2D eigenvalue weighted by atomic mass is 10.1. The van der Waals surface area contributed by atoms with E-state index in [0.29, 0.717) is 26.8 Å². The van der Waals surface area contributed by atoms with Gasteiger partial charge in [-0.15, -0.1) is 0 Å². The molecule has 3 aromatic carbocycles. The van der Waals surface area contributed by atoms with Crippen LogP contribution in [0.4, 0.5) is 11.4 Å². The molecule has 1 N–H and O–H groups in total. The lowest BCUT2D eigenvalue weighted by Crippen LogP contribution is -2.25. The van der Waals surface area contributed by atoms with Gasteiger partial charge in [0.1, 0.15) is 0 Å². The van der Waals surface area contributed by atoms with Crippen LogP contribution in [0.15, 0.2) is 77.8 Å². The van der Waals surface area contributed by atoms with E-state index in [4.69, 9.17) is 56.4 Å². The Morgan fingerprint density at radius 2 is 1.53 bits per heavy atom. The number of nitrogens with one attached hydrogen (secondary N) is 1. The van der Waals surface area contributed by atoms with Crippen LogP contribution in [0.5, 0.6) is 0 Å². The number of hydrogen-bond acceptors (Lipinski definition) is 4. The number of hydrogen-bond donors (Lipinski definition) is 1. The number of anilines is 2. The molecule has 9 heteroatoms. The Kier molecular flexibility index (Phi) is 8.12. The fraction of sp³-hybridized carbons (Fsp3) is 0.172. The maximum atomic E-state index is 6.44. The quantitative estimate of drug-likeness (QED) is 0.195. The van der Waals surface area contributed by atoms with E-state index < -0.39 is 0 Å². The first-order valence-electron chi connectivity index (χ1n) is 12.2. The first-order valence-corrected chi connectivity index (χ1v) is 13.7. The minimum Gasteiger partial charge on any atom is -0.354 e. The van der Waals surface area contributed by atoms with Crippen molar-refractivity contribution in [2.24, 2.45) is 4.99 Å². The van der Waals surface area contributed by atoms with Gasteiger partial charge in [-0.25, -0.2) is 4.98 Å². The van der Waals surface area contributed by atoms with Gasteiger partial charge in [-0.05, 0) is 73.8 Å². The van der Waals surface area contributed by atoms with E-state index in [2.05, 4.69) is 34.7 Å². The Morgan fingerprint density at radius 3 is 2.24 bits per heavy atom. The second-order valence-corrected chi connectivity index (χ2v) is 10.4. The zero-order valence-corrected chi connectivity index (χ0v) is 23.9. The predicted molar refractivity (Wildman–Crippen MR) is 161 cm³/mol. The van der Waals surface area contributed by atoms with Gasteiger partial charge >= 0.3 is 0 Å². The fourth-order valence-corrected chi connectivity index (χ4v) is 4.89. The summed E-state index contributed by atoms with van der Waals surface area (Å²) in [6.45, 7) is 6.62. The van der Waals surface area contributed by atoms with E-state index in [0.717, 1.165) is 57.9 Å². The predicted octanol–water partition coefficient (Wildman–Crippen LogP) is 8.69. The summed E-state index contributed by atoms with van der Waals surface area (Å²) in [5.41, 5.74) is 5.96. The molecule has 0 aromatic heterocycles. The van der Waals surface area contributed by atoms with Crippen LogP contribution in [0.1, 0.15) is 13.8 Å². The van der Waals surface area contributed by atoms with Gasteiger partial charge in [-0.2, -0.15) is 0 Å². The highest BCUT2D eigenvalue weighted by Gasteiger charge is 2.17. The normalized spacial score (nSPS) is 12.1. The number of fused-ring (bicyclic) bond motifs is 2. The number of aromatic nitrogens is 2. The maximum absolute atomic E-state index is 6.44. The molecule has 0 amide bonds. The number of halogens is 4. The molecule has 3 aromatic rings. The second kappa shape index (κ2) is 11.5. The number of nitrogens with zero attached hydrogens (tertiary/aromatic N) is 4. The third-order valence-electron chi connectivity index (χ3n) is 6.39. The lowest BCUT2D eigenvalue weighted by Gasteiger charge is -2.21. The molecule has 1 aliphatic heterocycles. The highest BCUT2D eigenvalue weighted by molar-refractivity contribution is 6.42. The Hall–Kier alpha value is -2.80. The molecule has 0 saturated heterocycles. The monoisotopic (exact) mass is 583 g/mol. The van der Waals surface area contributed by atoms with Crippen LogP contribution in [0.25, 0.3) is 28.1 Å². The van der Waals surface area contributed by atoms with Gasteiger partial charge in [-0.1, -0.05) is 72.4 Å². The van der Waals surface area contributed by atoms with Crippen molar-refractivity contribution in [1.29, 1.82) is 0 Å². The summed E-state index contributed by atoms with van der Waals surface area (Å²) < 4.78 is 2.14. The van der Waals surface area contributed by atoms with Gasteiger partial charge in [-0.3, -0.25) is 9.89 Å². The Labute approximate surface area is 241 Å². The molecule has 2 aliphatic rings. The molecule has 194 valence electrons. The van der Waals surface area contributed by atoms with Crippen LogP contribution >= 0.6 is 46.4 Å². The third-order valence-corrected chi connectivity index (χ3v) is 7.87. The molecule has 0 unspecified atom stereocenters. The van der Waals surface area contributed by atoms with Gasteiger partial charge < -0.3 is 9.88 Å². The van der Waals surface area contributed by atoms with E-state index in [1.54, 1.807) is 18.2 Å². The van der Waals surface area contributed by atoms with Crippen LogP contribution in [0.2, 0.25) is 20.1 Å². The second-order valence-electron chi connectivity index (χ2n) is 8.75. The summed E-state index contributed by atoms with van der Waals surface area (Å²) in [6, 6.07) is 23.1. The van der Waals surface area contributed by atoms with Crippen molar-refractivity contribution in [3.05, 3.63) is 98.2 Å². The van der Waals surface area contributed by atoms with Crippen LogP contribution in [0.3, 0.4) is 0 Å². The average Bonchev–Trinajstić information content (AvgIpc) is 2.92. The number of benzene rings is 4. The van der Waals surface area contributed by atoms with Crippen molar-refractivity contribution in [3.63, 3.8) is 0 Å². The minimum atomic E-state index is 0.473. The molecule has 0 atom stereocenters. The smallest absolute Gasteiger partial charge is 0.0917 e. The maximum Gasteiger partial charge on any atom is 0.0917 e. The van der Waals surface area contributed by atoms with Crippen LogP contribution in [-0.2, 0) is 0 Å². The molecule has 0 radical (unpaired) electrons. The van der Waals surface area contributed by atoms with Crippen molar-refractivity contribution in [2.45, 2.75) is 13.8 Å². The minimum absolute atomic E-state index is 0.473. The largest absolute Gasteiger partial charge is 0.354 e. The van der Waals surface area contributed by atoms with E-state index in [-0.39, 0.29) is 0 Å². The zero-order chi connectivity index (χ0) is 26.8. The van der Waals surface area contributed by atoms with Crippen molar-refractivity contribution >= 4 is 68.8 Å². The lowest BCUT2D eigenvalue weighted by molar-refractivity contribution is 0.312. The van der Waals surface area contributed by atoms with Gasteiger partial charge in [0.15, 0.2) is 0 Å². The molecule has 38 heavy (non-hydrogen) atoms. The third kappa shape index (κ3) is 5.49. The average molecular weight is 585 g/mol. The van der Waals surface area contributed by atoms with Crippen molar-refractivity contribution < 1.29 is 0 Å². The standard InChI is InChI=1S/C29H25Cl4N5/c1-3-37(4-2)17-34-25-16-29-27(15-26(25)35-18-9-11-20(30)22(32)13-18)36-24-7-5-6-8-28(24)38(29)19-10-12-21(31)23(33)14-19/h5-16,35H,3-4,17H2,1-2H3. The van der Waals surface area contributed by atoms with Gasteiger partial charge in [0.25, 0.3) is 0 Å². The number of para-hydroxylation sites is 2. The van der Waals surface area contributed by atoms with Gasteiger partial charge in [0, 0.05) is 11.4 Å². The molecule has 1 heterocycles. The van der Waals surface area contributed by atoms with E-state index in [1.165, 1.54) is 0 Å². The summed E-state index contributed by atoms with van der Waals surface area (Å²) in [7, 11) is 0. The number of rotatable bonds is 7.